The number of rotatable bonds is 4. The van der Waals surface area contributed by atoms with Gasteiger partial charge < -0.3 is 5.32 Å². The van der Waals surface area contributed by atoms with Gasteiger partial charge in [-0.25, -0.2) is 4.39 Å². The van der Waals surface area contributed by atoms with Gasteiger partial charge in [0.1, 0.15) is 5.82 Å². The van der Waals surface area contributed by atoms with Gasteiger partial charge in [-0.15, -0.1) is 0 Å². The van der Waals surface area contributed by atoms with Crippen molar-refractivity contribution in [3.05, 3.63) is 47.3 Å². The van der Waals surface area contributed by atoms with E-state index in [-0.39, 0.29) is 11.9 Å². The summed E-state index contributed by atoms with van der Waals surface area (Å²) >= 11 is 5.38. The minimum absolute atomic E-state index is 0.198. The minimum atomic E-state index is -0.207. The smallest absolute Gasteiger partial charge is 0.123 e. The molecule has 76 valence electrons. The van der Waals surface area contributed by atoms with Crippen LogP contribution in [0.4, 0.5) is 4.39 Å². The van der Waals surface area contributed by atoms with Crippen LogP contribution >= 0.6 is 11.6 Å². The molecule has 0 heterocycles. The van der Waals surface area contributed by atoms with Gasteiger partial charge in [-0.3, -0.25) is 0 Å². The summed E-state index contributed by atoms with van der Waals surface area (Å²) in [5.74, 6) is -0.207. The number of hydrogen-bond acceptors (Lipinski definition) is 1. The first-order valence-corrected chi connectivity index (χ1v) is 4.91. The third kappa shape index (κ3) is 3.48. The molecule has 3 heteroatoms. The predicted octanol–water partition coefficient (Wildman–Crippen LogP) is 3.23. The molecule has 1 aromatic rings. The van der Waals surface area contributed by atoms with E-state index in [1.165, 1.54) is 17.7 Å². The first-order valence-electron chi connectivity index (χ1n) is 4.48. The van der Waals surface area contributed by atoms with Gasteiger partial charge in [0, 0.05) is 18.1 Å². The van der Waals surface area contributed by atoms with Crippen LogP contribution in [0.25, 0.3) is 0 Å². The second kappa shape index (κ2) is 5.78. The molecule has 0 aliphatic heterocycles. The highest BCUT2D eigenvalue weighted by atomic mass is 35.5. The summed E-state index contributed by atoms with van der Waals surface area (Å²) < 4.78 is 12.6. The van der Waals surface area contributed by atoms with Crippen LogP contribution in [0.15, 0.2) is 35.9 Å². The summed E-state index contributed by atoms with van der Waals surface area (Å²) in [5.41, 5.74) is 2.54. The van der Waals surface area contributed by atoms with Crippen LogP contribution < -0.4 is 5.32 Å². The van der Waals surface area contributed by atoms with Crippen molar-refractivity contribution in [2.24, 2.45) is 0 Å². The molecule has 0 spiro atoms. The second-order valence-electron chi connectivity index (χ2n) is 3.04. The van der Waals surface area contributed by atoms with E-state index < -0.39 is 0 Å². The maximum atomic E-state index is 12.6. The molecule has 14 heavy (non-hydrogen) atoms. The van der Waals surface area contributed by atoms with E-state index in [9.17, 15) is 4.39 Å². The van der Waals surface area contributed by atoms with Gasteiger partial charge in [-0.1, -0.05) is 29.8 Å². The molecule has 0 saturated heterocycles. The zero-order valence-electron chi connectivity index (χ0n) is 8.00. The van der Waals surface area contributed by atoms with Crippen molar-refractivity contribution < 1.29 is 4.39 Å². The van der Waals surface area contributed by atoms with E-state index >= 15 is 0 Å². The molecular weight excluding hydrogens is 201 g/mol. The molecule has 0 radical (unpaired) electrons. The highest BCUT2D eigenvalue weighted by Crippen LogP contribution is 2.12. The van der Waals surface area contributed by atoms with Crippen molar-refractivity contribution in [3.8, 4) is 0 Å². The fourth-order valence-corrected chi connectivity index (χ4v) is 1.25. The molecule has 0 fully saturated rings. The summed E-state index contributed by atoms with van der Waals surface area (Å²) in [5, 5.41) is 3.23. The molecule has 0 unspecified atom stereocenters. The van der Waals surface area contributed by atoms with Crippen molar-refractivity contribution in [3.63, 3.8) is 0 Å². The van der Waals surface area contributed by atoms with E-state index in [1.54, 1.807) is 12.1 Å². The molecule has 1 N–H and O–H groups in total. The lowest BCUT2D eigenvalue weighted by atomic mass is 10.1. The van der Waals surface area contributed by atoms with Crippen LogP contribution in [-0.4, -0.2) is 6.54 Å². The predicted molar refractivity (Wildman–Crippen MR) is 57.8 cm³/mol. The highest BCUT2D eigenvalue weighted by molar-refractivity contribution is 6.25. The Bertz CT molecular complexity index is 295. The van der Waals surface area contributed by atoms with Crippen molar-refractivity contribution in [2.75, 3.05) is 6.54 Å². The van der Waals surface area contributed by atoms with Crippen LogP contribution in [0.5, 0.6) is 0 Å². The topological polar surface area (TPSA) is 12.0 Å². The largest absolute Gasteiger partial charge is 0.307 e. The molecule has 1 atom stereocenters. The second-order valence-corrected chi connectivity index (χ2v) is 3.30. The molecule has 0 bridgehead atoms. The number of benzene rings is 1. The van der Waals surface area contributed by atoms with Gasteiger partial charge in [-0.2, -0.15) is 0 Å². The summed E-state index contributed by atoms with van der Waals surface area (Å²) in [7, 11) is 0. The van der Waals surface area contributed by atoms with Crippen molar-refractivity contribution in [2.45, 2.75) is 13.0 Å². The van der Waals surface area contributed by atoms with E-state index in [1.807, 2.05) is 13.0 Å². The highest BCUT2D eigenvalue weighted by Gasteiger charge is 2.02. The normalized spacial score (nSPS) is 13.4. The molecule has 0 aliphatic carbocycles. The lowest BCUT2D eigenvalue weighted by molar-refractivity contribution is 0.605. The maximum Gasteiger partial charge on any atom is 0.123 e. The Morgan fingerprint density at radius 3 is 2.64 bits per heavy atom. The lowest BCUT2D eigenvalue weighted by Gasteiger charge is -2.12. The average Bonchev–Trinajstić information content (AvgIpc) is 2.19. The van der Waals surface area contributed by atoms with Crippen molar-refractivity contribution in [1.82, 2.24) is 5.32 Å². The minimum Gasteiger partial charge on any atom is -0.307 e. The van der Waals surface area contributed by atoms with E-state index in [2.05, 4.69) is 5.32 Å². The van der Waals surface area contributed by atoms with E-state index in [0.29, 0.717) is 6.54 Å². The lowest BCUT2D eigenvalue weighted by Crippen LogP contribution is -2.18. The van der Waals surface area contributed by atoms with Crippen LogP contribution in [-0.2, 0) is 0 Å². The fraction of sp³-hybridized carbons (Fsp3) is 0.273. The van der Waals surface area contributed by atoms with E-state index in [4.69, 9.17) is 11.6 Å². The molecule has 0 amide bonds. The first-order chi connectivity index (χ1) is 6.74. The molecule has 0 aliphatic rings. The third-order valence-electron chi connectivity index (χ3n) is 2.00. The van der Waals surface area contributed by atoms with E-state index in [0.717, 1.165) is 5.56 Å². The quantitative estimate of drug-likeness (QED) is 0.810. The Morgan fingerprint density at radius 2 is 2.07 bits per heavy atom. The van der Waals surface area contributed by atoms with Crippen molar-refractivity contribution >= 4 is 11.6 Å². The monoisotopic (exact) mass is 213 g/mol. The summed E-state index contributed by atoms with van der Waals surface area (Å²) in [6, 6.07) is 6.67. The van der Waals surface area contributed by atoms with Gasteiger partial charge in [0.05, 0.1) is 0 Å². The zero-order valence-corrected chi connectivity index (χ0v) is 8.76. The first kappa shape index (κ1) is 11.2. The molecule has 1 rings (SSSR count). The Morgan fingerprint density at radius 1 is 1.43 bits per heavy atom. The van der Waals surface area contributed by atoms with Crippen molar-refractivity contribution in [1.29, 1.82) is 0 Å². The standard InChI is InChI=1S/C11H13ClFN/c1-9(14-8-2-7-12)10-3-5-11(13)6-4-10/h2-7,9,14H,8H2,1H3/b7-2+/t9-/m0/s1. The number of nitrogens with one attached hydrogen (secondary N) is 1. The van der Waals surface area contributed by atoms with Crippen LogP contribution in [0.1, 0.15) is 18.5 Å². The number of halogens is 2. The molecular formula is C11H13ClFN. The SMILES string of the molecule is C[C@H](NC/C=C/Cl)c1ccc(F)cc1. The fourth-order valence-electron chi connectivity index (χ4n) is 1.16. The van der Waals surface area contributed by atoms with Gasteiger partial charge in [-0.05, 0) is 24.6 Å². The summed E-state index contributed by atoms with van der Waals surface area (Å²) in [6.07, 6.45) is 1.82. The Labute approximate surface area is 88.6 Å². The molecule has 0 saturated carbocycles. The number of hydrogen-bond donors (Lipinski definition) is 1. The van der Waals surface area contributed by atoms with Crippen LogP contribution in [0.2, 0.25) is 0 Å². The third-order valence-corrected chi connectivity index (χ3v) is 2.18. The maximum absolute atomic E-state index is 12.6. The summed E-state index contributed by atoms with van der Waals surface area (Å²) in [6.45, 7) is 2.73. The van der Waals surface area contributed by atoms with Crippen LogP contribution in [0, 0.1) is 5.82 Å². The van der Waals surface area contributed by atoms with Gasteiger partial charge in [0.25, 0.3) is 0 Å². The van der Waals surface area contributed by atoms with Gasteiger partial charge in [0.2, 0.25) is 0 Å². The Kier molecular flexibility index (Phi) is 4.63. The molecule has 0 aromatic heterocycles. The summed E-state index contributed by atoms with van der Waals surface area (Å²) in [4.78, 5) is 0. The Balaban J connectivity index is 2.51. The average molecular weight is 214 g/mol. The Hall–Kier alpha value is -0.860. The van der Waals surface area contributed by atoms with Gasteiger partial charge in [0.15, 0.2) is 0 Å². The molecule has 1 nitrogen and oxygen atoms in total. The zero-order chi connectivity index (χ0) is 10.4. The van der Waals surface area contributed by atoms with Gasteiger partial charge >= 0.3 is 0 Å². The molecule has 1 aromatic carbocycles. The van der Waals surface area contributed by atoms with Crippen LogP contribution in [0.3, 0.4) is 0 Å².